The van der Waals surface area contributed by atoms with Crippen LogP contribution in [0.25, 0.3) is 0 Å². The zero-order chi connectivity index (χ0) is 21.0. The van der Waals surface area contributed by atoms with Crippen LogP contribution >= 0.6 is 0 Å². The Balaban J connectivity index is 1.58. The van der Waals surface area contributed by atoms with Gasteiger partial charge >= 0.3 is 0 Å². The first-order chi connectivity index (χ1) is 14.8. The predicted molar refractivity (Wildman–Crippen MR) is 128 cm³/mol. The molecule has 2 aliphatic heterocycles. The van der Waals surface area contributed by atoms with Gasteiger partial charge in [-0.1, -0.05) is 43.2 Å². The Bertz CT molecular complexity index is 655. The fraction of sp³-hybridized carbons (Fsp3) is 0.640. The number of hydrogen-bond acceptors (Lipinski definition) is 3. The monoisotopic (exact) mass is 411 g/mol. The maximum atomic E-state index is 4.95. The van der Waals surface area contributed by atoms with Gasteiger partial charge in [-0.15, -0.1) is 6.58 Å². The van der Waals surface area contributed by atoms with Gasteiger partial charge in [0, 0.05) is 38.8 Å². The lowest BCUT2D eigenvalue weighted by molar-refractivity contribution is 0.225. The second-order valence-electron chi connectivity index (χ2n) is 8.66. The van der Waals surface area contributed by atoms with Crippen LogP contribution in [0.2, 0.25) is 0 Å². The van der Waals surface area contributed by atoms with E-state index in [9.17, 15) is 0 Å². The molecule has 0 radical (unpaired) electrons. The minimum atomic E-state index is 0.496. The Kier molecular flexibility index (Phi) is 9.71. The molecule has 5 heteroatoms. The molecule has 0 aliphatic carbocycles. The largest absolute Gasteiger partial charge is 0.357 e. The number of nitrogens with zero attached hydrogens (tertiary/aromatic N) is 3. The smallest absolute Gasteiger partial charge is 0.191 e. The minimum absolute atomic E-state index is 0.496. The normalized spacial score (nSPS) is 20.0. The van der Waals surface area contributed by atoms with Crippen molar-refractivity contribution < 1.29 is 0 Å². The topological polar surface area (TPSA) is 42.9 Å². The fourth-order valence-corrected chi connectivity index (χ4v) is 4.52. The molecule has 0 saturated carbocycles. The molecule has 2 saturated heterocycles. The van der Waals surface area contributed by atoms with E-state index in [0.29, 0.717) is 6.04 Å². The summed E-state index contributed by atoms with van der Waals surface area (Å²) in [5, 5.41) is 7.12. The summed E-state index contributed by atoms with van der Waals surface area (Å²) in [6.45, 7) is 14.4. The molecule has 5 nitrogen and oxygen atoms in total. The molecule has 3 rings (SSSR count). The van der Waals surface area contributed by atoms with Crippen molar-refractivity contribution >= 4 is 5.96 Å². The molecule has 0 aromatic heterocycles. The van der Waals surface area contributed by atoms with Crippen LogP contribution in [-0.2, 0) is 13.1 Å². The SMILES string of the molecule is C=CCN1CCC(NC(=NCc2ccccc2CN2CCCCCC2)NCC)CC1. The lowest BCUT2D eigenvalue weighted by atomic mass is 10.1. The number of hydrogen-bond donors (Lipinski definition) is 2. The zero-order valence-corrected chi connectivity index (χ0v) is 18.9. The molecule has 0 bridgehead atoms. The molecule has 1 aromatic rings. The Labute approximate surface area is 183 Å². The molecular weight excluding hydrogens is 370 g/mol. The molecule has 0 unspecified atom stereocenters. The van der Waals surface area contributed by atoms with Crippen LogP contribution in [0.4, 0.5) is 0 Å². The summed E-state index contributed by atoms with van der Waals surface area (Å²) >= 11 is 0. The molecule has 166 valence electrons. The van der Waals surface area contributed by atoms with E-state index in [-0.39, 0.29) is 0 Å². The van der Waals surface area contributed by atoms with E-state index in [4.69, 9.17) is 4.99 Å². The first-order valence-electron chi connectivity index (χ1n) is 12.0. The van der Waals surface area contributed by atoms with Crippen molar-refractivity contribution in [1.29, 1.82) is 0 Å². The van der Waals surface area contributed by atoms with Crippen molar-refractivity contribution in [3.8, 4) is 0 Å². The fourth-order valence-electron chi connectivity index (χ4n) is 4.52. The Morgan fingerprint density at radius 2 is 1.73 bits per heavy atom. The van der Waals surface area contributed by atoms with Crippen LogP contribution < -0.4 is 10.6 Å². The van der Waals surface area contributed by atoms with Crippen LogP contribution in [0.3, 0.4) is 0 Å². The Hall–Kier alpha value is -1.85. The highest BCUT2D eigenvalue weighted by Crippen LogP contribution is 2.17. The molecule has 2 aliphatic rings. The minimum Gasteiger partial charge on any atom is -0.357 e. The predicted octanol–water partition coefficient (Wildman–Crippen LogP) is 3.77. The molecule has 2 N–H and O–H groups in total. The van der Waals surface area contributed by atoms with Crippen molar-refractivity contribution in [2.24, 2.45) is 4.99 Å². The molecule has 2 heterocycles. The summed E-state index contributed by atoms with van der Waals surface area (Å²) in [7, 11) is 0. The Morgan fingerprint density at radius 1 is 1.03 bits per heavy atom. The van der Waals surface area contributed by atoms with Gasteiger partial charge in [-0.3, -0.25) is 9.80 Å². The first kappa shape index (κ1) is 22.8. The number of nitrogens with one attached hydrogen (secondary N) is 2. The molecule has 0 amide bonds. The van der Waals surface area contributed by atoms with Gasteiger partial charge in [0.15, 0.2) is 5.96 Å². The lowest BCUT2D eigenvalue weighted by Gasteiger charge is -2.32. The van der Waals surface area contributed by atoms with Crippen LogP contribution in [0.5, 0.6) is 0 Å². The van der Waals surface area contributed by atoms with Gasteiger partial charge in [-0.2, -0.15) is 0 Å². The lowest BCUT2D eigenvalue weighted by Crippen LogP contribution is -2.48. The van der Waals surface area contributed by atoms with E-state index in [0.717, 1.165) is 58.1 Å². The number of guanidine groups is 1. The number of aliphatic imine (C=N–C) groups is 1. The van der Waals surface area contributed by atoms with Gasteiger partial charge < -0.3 is 10.6 Å². The van der Waals surface area contributed by atoms with E-state index in [1.165, 1.54) is 49.9 Å². The maximum absolute atomic E-state index is 4.95. The first-order valence-corrected chi connectivity index (χ1v) is 12.0. The number of likely N-dealkylation sites (tertiary alicyclic amines) is 2. The van der Waals surface area contributed by atoms with Crippen LogP contribution in [0.1, 0.15) is 56.6 Å². The van der Waals surface area contributed by atoms with E-state index in [2.05, 4.69) is 58.2 Å². The zero-order valence-electron chi connectivity index (χ0n) is 18.9. The summed E-state index contributed by atoms with van der Waals surface area (Å²) in [4.78, 5) is 10.0. The maximum Gasteiger partial charge on any atom is 0.191 e. The summed E-state index contributed by atoms with van der Waals surface area (Å²) in [6, 6.07) is 9.34. The molecule has 1 aromatic carbocycles. The highest BCUT2D eigenvalue weighted by Gasteiger charge is 2.19. The molecule has 30 heavy (non-hydrogen) atoms. The Morgan fingerprint density at radius 3 is 2.40 bits per heavy atom. The van der Waals surface area contributed by atoms with Gasteiger partial charge in [0.2, 0.25) is 0 Å². The van der Waals surface area contributed by atoms with Crippen LogP contribution in [-0.4, -0.2) is 61.1 Å². The average molecular weight is 412 g/mol. The molecule has 2 fully saturated rings. The van der Waals surface area contributed by atoms with Gasteiger partial charge in [-0.25, -0.2) is 4.99 Å². The van der Waals surface area contributed by atoms with Crippen molar-refractivity contribution in [3.05, 3.63) is 48.0 Å². The summed E-state index contributed by atoms with van der Waals surface area (Å²) < 4.78 is 0. The third-order valence-electron chi connectivity index (χ3n) is 6.28. The van der Waals surface area contributed by atoms with Gasteiger partial charge in [0.1, 0.15) is 0 Å². The summed E-state index contributed by atoms with van der Waals surface area (Å²) in [5.74, 6) is 0.948. The number of rotatable bonds is 8. The molecular formula is C25H41N5. The van der Waals surface area contributed by atoms with E-state index >= 15 is 0 Å². The third kappa shape index (κ3) is 7.44. The van der Waals surface area contributed by atoms with E-state index in [1.54, 1.807) is 0 Å². The highest BCUT2D eigenvalue weighted by atomic mass is 15.2. The van der Waals surface area contributed by atoms with Crippen LogP contribution in [0.15, 0.2) is 41.9 Å². The van der Waals surface area contributed by atoms with Gasteiger partial charge in [0.25, 0.3) is 0 Å². The van der Waals surface area contributed by atoms with E-state index in [1.807, 2.05) is 6.08 Å². The standard InChI is InChI=1S/C25H41N5/c1-3-15-29-18-13-24(14-19-29)28-25(26-4-2)27-20-22-11-7-8-12-23(22)21-30-16-9-5-6-10-17-30/h3,7-8,11-12,24H,1,4-6,9-10,13-21H2,2H3,(H2,26,27,28). The molecule has 0 spiro atoms. The molecule has 0 atom stereocenters. The summed E-state index contributed by atoms with van der Waals surface area (Å²) in [6.07, 6.45) is 9.75. The van der Waals surface area contributed by atoms with E-state index < -0.39 is 0 Å². The third-order valence-corrected chi connectivity index (χ3v) is 6.28. The van der Waals surface area contributed by atoms with Gasteiger partial charge in [0.05, 0.1) is 6.54 Å². The van der Waals surface area contributed by atoms with Gasteiger partial charge in [-0.05, 0) is 56.8 Å². The average Bonchev–Trinajstić information content (AvgIpc) is 3.03. The number of benzene rings is 1. The quantitative estimate of drug-likeness (QED) is 0.388. The van der Waals surface area contributed by atoms with Crippen molar-refractivity contribution in [1.82, 2.24) is 20.4 Å². The van der Waals surface area contributed by atoms with Crippen molar-refractivity contribution in [2.45, 2.75) is 64.6 Å². The van der Waals surface area contributed by atoms with Crippen molar-refractivity contribution in [3.63, 3.8) is 0 Å². The second-order valence-corrected chi connectivity index (χ2v) is 8.66. The number of piperidine rings is 1. The van der Waals surface area contributed by atoms with Crippen LogP contribution in [0, 0.1) is 0 Å². The second kappa shape index (κ2) is 12.8. The highest BCUT2D eigenvalue weighted by molar-refractivity contribution is 5.80. The summed E-state index contributed by atoms with van der Waals surface area (Å²) in [5.41, 5.74) is 2.77. The van der Waals surface area contributed by atoms with Crippen molar-refractivity contribution in [2.75, 3.05) is 39.3 Å².